The second kappa shape index (κ2) is 10.5. The Kier molecular flexibility index (Phi) is 6.87. The van der Waals surface area contributed by atoms with E-state index in [2.05, 4.69) is 40.9 Å². The molecule has 1 aliphatic heterocycles. The van der Waals surface area contributed by atoms with Crippen LogP contribution in [-0.2, 0) is 4.74 Å². The Balaban J connectivity index is 1.22. The maximum atomic E-state index is 12.3. The number of aryl methyl sites for hydroxylation is 1. The van der Waals surface area contributed by atoms with Gasteiger partial charge in [-0.25, -0.2) is 24.7 Å². The number of thiophene rings is 1. The minimum absolute atomic E-state index is 0.249. The third-order valence-electron chi connectivity index (χ3n) is 5.32. The summed E-state index contributed by atoms with van der Waals surface area (Å²) >= 11 is 1.32. The van der Waals surface area contributed by atoms with Crippen molar-refractivity contribution in [1.82, 2.24) is 30.2 Å². The standard InChI is InChI=1S/C24H24N8O2S/c1-15-4-2-6-18(28-15)22-26-10-7-20(31-22)30-21-8-11-27-24(32-21)29-17-12-19(35-14-17)23(33)34-13-16-5-3-9-25-16/h2,4,6-8,10-12,14,16,25H,3,5,9,13H2,1H3,(H2,26,27,29,30,31,32)/t16-/m0/s1. The molecule has 11 heteroatoms. The van der Waals surface area contributed by atoms with Crippen molar-refractivity contribution >= 4 is 40.6 Å². The van der Waals surface area contributed by atoms with Crippen molar-refractivity contribution in [2.45, 2.75) is 25.8 Å². The highest BCUT2D eigenvalue weighted by atomic mass is 32.1. The minimum atomic E-state index is -0.323. The quantitative estimate of drug-likeness (QED) is 0.312. The number of nitrogens with one attached hydrogen (secondary N) is 3. The fourth-order valence-corrected chi connectivity index (χ4v) is 4.35. The van der Waals surface area contributed by atoms with Crippen LogP contribution in [0.2, 0.25) is 0 Å². The Hall–Kier alpha value is -3.96. The molecule has 4 aromatic rings. The largest absolute Gasteiger partial charge is 0.460 e. The highest BCUT2D eigenvalue weighted by Crippen LogP contribution is 2.24. The third kappa shape index (κ3) is 5.94. The molecule has 0 saturated carbocycles. The molecule has 0 radical (unpaired) electrons. The number of aromatic nitrogens is 5. The molecule has 1 saturated heterocycles. The number of hydrogen-bond acceptors (Lipinski definition) is 11. The van der Waals surface area contributed by atoms with Gasteiger partial charge in [-0.2, -0.15) is 4.98 Å². The summed E-state index contributed by atoms with van der Waals surface area (Å²) < 4.78 is 5.43. The first-order valence-corrected chi connectivity index (χ1v) is 12.1. The molecule has 0 aromatic carbocycles. The van der Waals surface area contributed by atoms with Crippen LogP contribution >= 0.6 is 11.3 Å². The summed E-state index contributed by atoms with van der Waals surface area (Å²) in [4.78, 5) is 35.0. The first-order valence-electron chi connectivity index (χ1n) is 11.3. The number of rotatable bonds is 8. The van der Waals surface area contributed by atoms with E-state index >= 15 is 0 Å². The summed E-state index contributed by atoms with van der Waals surface area (Å²) in [5.74, 6) is 1.73. The number of esters is 1. The molecule has 0 aliphatic carbocycles. The van der Waals surface area contributed by atoms with Gasteiger partial charge >= 0.3 is 5.97 Å². The number of ether oxygens (including phenoxy) is 1. The predicted molar refractivity (Wildman–Crippen MR) is 134 cm³/mol. The van der Waals surface area contributed by atoms with Crippen molar-refractivity contribution in [3.63, 3.8) is 0 Å². The van der Waals surface area contributed by atoms with Crippen molar-refractivity contribution < 1.29 is 9.53 Å². The van der Waals surface area contributed by atoms with E-state index in [1.54, 1.807) is 30.6 Å². The second-order valence-corrected chi connectivity index (χ2v) is 8.95. The fraction of sp³-hybridized carbons (Fsp3) is 0.250. The van der Waals surface area contributed by atoms with E-state index in [4.69, 9.17) is 4.74 Å². The normalized spacial score (nSPS) is 15.1. The minimum Gasteiger partial charge on any atom is -0.460 e. The molecule has 5 rings (SSSR count). The van der Waals surface area contributed by atoms with Crippen molar-refractivity contribution in [3.05, 3.63) is 64.7 Å². The zero-order valence-corrected chi connectivity index (χ0v) is 19.9. The molecule has 10 nitrogen and oxygen atoms in total. The van der Waals surface area contributed by atoms with Gasteiger partial charge in [-0.3, -0.25) is 0 Å². The van der Waals surface area contributed by atoms with Crippen LogP contribution in [-0.4, -0.2) is 50.1 Å². The Morgan fingerprint density at radius 3 is 2.80 bits per heavy atom. The van der Waals surface area contributed by atoms with Gasteiger partial charge < -0.3 is 20.7 Å². The summed E-state index contributed by atoms with van der Waals surface area (Å²) in [6, 6.07) is 11.2. The SMILES string of the molecule is Cc1cccc(-c2nccc(Nc3ccnc(Nc4csc(C(=O)OC[C@@H]5CCCN5)c4)n3)n2)n1. The van der Waals surface area contributed by atoms with Crippen LogP contribution in [0.1, 0.15) is 28.2 Å². The maximum Gasteiger partial charge on any atom is 0.348 e. The molecule has 1 fully saturated rings. The molecule has 35 heavy (non-hydrogen) atoms. The number of carbonyl (C=O) groups is 1. The molecule has 0 amide bonds. The van der Waals surface area contributed by atoms with Gasteiger partial charge in [-0.05, 0) is 56.6 Å². The lowest BCUT2D eigenvalue weighted by Gasteiger charge is -2.09. The number of anilines is 4. The summed E-state index contributed by atoms with van der Waals surface area (Å²) in [5, 5.41) is 11.5. The fourth-order valence-electron chi connectivity index (χ4n) is 3.62. The average Bonchev–Trinajstić information content (AvgIpc) is 3.56. The molecule has 3 N–H and O–H groups in total. The highest BCUT2D eigenvalue weighted by Gasteiger charge is 2.18. The molecule has 5 heterocycles. The summed E-state index contributed by atoms with van der Waals surface area (Å²) in [5.41, 5.74) is 2.31. The van der Waals surface area contributed by atoms with Gasteiger partial charge in [0.25, 0.3) is 0 Å². The Labute approximate surface area is 206 Å². The number of hydrogen-bond donors (Lipinski definition) is 3. The Bertz CT molecular complexity index is 1320. The monoisotopic (exact) mass is 488 g/mol. The first kappa shape index (κ1) is 22.8. The molecule has 4 aromatic heterocycles. The molecule has 1 atom stereocenters. The van der Waals surface area contributed by atoms with E-state index in [9.17, 15) is 4.79 Å². The first-order chi connectivity index (χ1) is 17.1. The lowest BCUT2D eigenvalue weighted by Crippen LogP contribution is -2.27. The van der Waals surface area contributed by atoms with Gasteiger partial charge in [0, 0.05) is 29.5 Å². The molecule has 1 aliphatic rings. The molecular formula is C24H24N8O2S. The number of carbonyl (C=O) groups excluding carboxylic acids is 1. The second-order valence-electron chi connectivity index (χ2n) is 8.04. The van der Waals surface area contributed by atoms with Crippen LogP contribution in [0.3, 0.4) is 0 Å². The Morgan fingerprint density at radius 1 is 1.11 bits per heavy atom. The van der Waals surface area contributed by atoms with E-state index < -0.39 is 0 Å². The smallest absolute Gasteiger partial charge is 0.348 e. The predicted octanol–water partition coefficient (Wildman–Crippen LogP) is 4.09. The summed E-state index contributed by atoms with van der Waals surface area (Å²) in [6.07, 6.45) is 5.46. The summed E-state index contributed by atoms with van der Waals surface area (Å²) in [7, 11) is 0. The lowest BCUT2D eigenvalue weighted by molar-refractivity contribution is 0.0479. The lowest BCUT2D eigenvalue weighted by atomic mass is 10.2. The highest BCUT2D eigenvalue weighted by molar-refractivity contribution is 7.12. The number of nitrogens with zero attached hydrogens (tertiary/aromatic N) is 5. The van der Waals surface area contributed by atoms with Gasteiger partial charge in [0.2, 0.25) is 5.95 Å². The van der Waals surface area contributed by atoms with Crippen LogP contribution in [0.15, 0.2) is 54.2 Å². The van der Waals surface area contributed by atoms with Crippen LogP contribution in [0, 0.1) is 6.92 Å². The third-order valence-corrected chi connectivity index (χ3v) is 6.23. The van der Waals surface area contributed by atoms with Crippen LogP contribution in [0.25, 0.3) is 11.5 Å². The molecule has 0 spiro atoms. The topological polar surface area (TPSA) is 127 Å². The van der Waals surface area contributed by atoms with Gasteiger partial charge in [-0.15, -0.1) is 11.3 Å². The van der Waals surface area contributed by atoms with E-state index in [0.29, 0.717) is 46.3 Å². The van der Waals surface area contributed by atoms with Crippen LogP contribution in [0.5, 0.6) is 0 Å². The van der Waals surface area contributed by atoms with E-state index in [1.807, 2.05) is 30.5 Å². The van der Waals surface area contributed by atoms with Gasteiger partial charge in [0.15, 0.2) is 5.82 Å². The maximum absolute atomic E-state index is 12.3. The van der Waals surface area contributed by atoms with Crippen molar-refractivity contribution in [2.75, 3.05) is 23.8 Å². The molecule has 0 unspecified atom stereocenters. The van der Waals surface area contributed by atoms with Crippen LogP contribution in [0.4, 0.5) is 23.3 Å². The van der Waals surface area contributed by atoms with Gasteiger partial charge in [-0.1, -0.05) is 6.07 Å². The summed E-state index contributed by atoms with van der Waals surface area (Å²) in [6.45, 7) is 3.29. The van der Waals surface area contributed by atoms with E-state index in [0.717, 1.165) is 25.1 Å². The zero-order valence-electron chi connectivity index (χ0n) is 19.1. The van der Waals surface area contributed by atoms with Crippen molar-refractivity contribution in [2.24, 2.45) is 0 Å². The zero-order chi connectivity index (χ0) is 24.0. The van der Waals surface area contributed by atoms with Crippen molar-refractivity contribution in [3.8, 4) is 11.5 Å². The molecule has 178 valence electrons. The van der Waals surface area contributed by atoms with Crippen LogP contribution < -0.4 is 16.0 Å². The van der Waals surface area contributed by atoms with Crippen molar-refractivity contribution in [1.29, 1.82) is 0 Å². The molecule has 0 bridgehead atoms. The molecular weight excluding hydrogens is 464 g/mol. The van der Waals surface area contributed by atoms with E-state index in [-0.39, 0.29) is 12.0 Å². The average molecular weight is 489 g/mol. The van der Waals surface area contributed by atoms with Gasteiger partial charge in [0.1, 0.15) is 28.8 Å². The Morgan fingerprint density at radius 2 is 1.97 bits per heavy atom. The van der Waals surface area contributed by atoms with E-state index in [1.165, 1.54) is 11.3 Å². The van der Waals surface area contributed by atoms with Gasteiger partial charge in [0.05, 0.1) is 5.69 Å². The number of pyridine rings is 1.